The Bertz CT molecular complexity index is 359. The molecule has 0 aromatic heterocycles. The number of hydrogen-bond donors (Lipinski definition) is 1. The molecule has 2 atom stereocenters. The van der Waals surface area contributed by atoms with Crippen LogP contribution in [0, 0.1) is 5.41 Å². The second kappa shape index (κ2) is 3.91. The van der Waals surface area contributed by atoms with Crippen LogP contribution in [0.4, 0.5) is 0 Å². The molecule has 1 nitrogen and oxygen atoms in total. The van der Waals surface area contributed by atoms with E-state index in [1.165, 1.54) is 16.5 Å². The Hall–Kier alpha value is -0.340. The molecule has 0 spiro atoms. The van der Waals surface area contributed by atoms with Crippen molar-refractivity contribution in [3.8, 4) is 0 Å². The van der Waals surface area contributed by atoms with Crippen LogP contribution in [0.1, 0.15) is 31.7 Å². The van der Waals surface area contributed by atoms with Gasteiger partial charge in [0.05, 0.1) is 0 Å². The van der Waals surface area contributed by atoms with Crippen LogP contribution in [0.3, 0.4) is 0 Å². The van der Waals surface area contributed by atoms with Crippen LogP contribution in [-0.4, -0.2) is 13.1 Å². The van der Waals surface area contributed by atoms with Crippen molar-refractivity contribution in [1.82, 2.24) is 5.32 Å². The maximum atomic E-state index is 3.64. The molecule has 0 heterocycles. The minimum atomic E-state index is 0.360. The maximum Gasteiger partial charge on any atom is 0.0210 e. The van der Waals surface area contributed by atoms with Gasteiger partial charge in [-0.25, -0.2) is 0 Å². The second-order valence-corrected chi connectivity index (χ2v) is 5.83. The van der Waals surface area contributed by atoms with Crippen molar-refractivity contribution in [2.24, 2.45) is 5.41 Å². The summed E-state index contributed by atoms with van der Waals surface area (Å²) in [6.45, 7) is 4.70. The van der Waals surface area contributed by atoms with Gasteiger partial charge in [0.25, 0.3) is 0 Å². The van der Waals surface area contributed by atoms with Crippen LogP contribution >= 0.6 is 15.9 Å². The van der Waals surface area contributed by atoms with Gasteiger partial charge < -0.3 is 5.32 Å². The lowest BCUT2D eigenvalue weighted by molar-refractivity contribution is 0.0747. The van der Waals surface area contributed by atoms with E-state index in [2.05, 4.69) is 66.4 Å². The Balaban J connectivity index is 2.25. The molecule has 1 aromatic rings. The summed E-state index contributed by atoms with van der Waals surface area (Å²) in [6.07, 6.45) is 1.24. The fourth-order valence-corrected chi connectivity index (χ4v) is 3.26. The highest BCUT2D eigenvalue weighted by Crippen LogP contribution is 2.53. The molecule has 1 N–H and O–H groups in total. The van der Waals surface area contributed by atoms with Gasteiger partial charge in [0.15, 0.2) is 0 Å². The summed E-state index contributed by atoms with van der Waals surface area (Å²) >= 11 is 3.64. The first-order chi connectivity index (χ1) is 7.07. The average Bonchev–Trinajstić information content (AvgIpc) is 2.20. The van der Waals surface area contributed by atoms with Gasteiger partial charge in [-0.05, 0) is 36.4 Å². The second-order valence-electron chi connectivity index (χ2n) is 4.97. The molecule has 0 saturated heterocycles. The minimum Gasteiger partial charge on any atom is -0.316 e. The highest BCUT2D eigenvalue weighted by Gasteiger charge is 2.48. The third-order valence-electron chi connectivity index (χ3n) is 3.90. The minimum absolute atomic E-state index is 0.360. The Morgan fingerprint density at radius 1 is 1.33 bits per heavy atom. The van der Waals surface area contributed by atoms with Crippen molar-refractivity contribution in [3.63, 3.8) is 0 Å². The molecule has 1 aliphatic carbocycles. The molecule has 2 unspecified atom stereocenters. The van der Waals surface area contributed by atoms with Crippen LogP contribution < -0.4 is 5.32 Å². The monoisotopic (exact) mass is 267 g/mol. The third-order valence-corrected chi connectivity index (χ3v) is 4.62. The van der Waals surface area contributed by atoms with E-state index < -0.39 is 0 Å². The fraction of sp³-hybridized carbons (Fsp3) is 0.538. The molecule has 0 bridgehead atoms. The van der Waals surface area contributed by atoms with E-state index in [0.717, 1.165) is 0 Å². The van der Waals surface area contributed by atoms with Gasteiger partial charge >= 0.3 is 0 Å². The molecule has 2 heteroatoms. The zero-order valence-electron chi connectivity index (χ0n) is 9.55. The predicted octanol–water partition coefficient (Wildman–Crippen LogP) is 3.55. The molecule has 15 heavy (non-hydrogen) atoms. The van der Waals surface area contributed by atoms with E-state index >= 15 is 0 Å². The van der Waals surface area contributed by atoms with Crippen molar-refractivity contribution in [1.29, 1.82) is 0 Å². The number of benzene rings is 1. The molecule has 1 aromatic carbocycles. The average molecular weight is 268 g/mol. The van der Waals surface area contributed by atoms with Gasteiger partial charge in [0, 0.05) is 10.5 Å². The first kappa shape index (κ1) is 11.2. The fourth-order valence-electron chi connectivity index (χ4n) is 2.70. The van der Waals surface area contributed by atoms with Crippen LogP contribution in [-0.2, 0) is 0 Å². The van der Waals surface area contributed by atoms with Gasteiger partial charge in [-0.3, -0.25) is 0 Å². The topological polar surface area (TPSA) is 12.0 Å². The van der Waals surface area contributed by atoms with Crippen molar-refractivity contribution >= 4 is 15.9 Å². The van der Waals surface area contributed by atoms with Gasteiger partial charge in [0.1, 0.15) is 0 Å². The van der Waals surface area contributed by atoms with Crippen molar-refractivity contribution < 1.29 is 0 Å². The Morgan fingerprint density at radius 2 is 2.00 bits per heavy atom. The van der Waals surface area contributed by atoms with Gasteiger partial charge in [-0.2, -0.15) is 0 Å². The van der Waals surface area contributed by atoms with E-state index in [1.54, 1.807) is 0 Å². The van der Waals surface area contributed by atoms with Crippen molar-refractivity contribution in [3.05, 3.63) is 34.3 Å². The van der Waals surface area contributed by atoms with Gasteiger partial charge in [-0.15, -0.1) is 0 Å². The van der Waals surface area contributed by atoms with Gasteiger partial charge in [-0.1, -0.05) is 48.0 Å². The normalized spacial score (nSPS) is 28.5. The predicted molar refractivity (Wildman–Crippen MR) is 68.1 cm³/mol. The lowest BCUT2D eigenvalue weighted by Gasteiger charge is -2.52. The zero-order valence-corrected chi connectivity index (χ0v) is 11.1. The van der Waals surface area contributed by atoms with Gasteiger partial charge in [0.2, 0.25) is 0 Å². The van der Waals surface area contributed by atoms with Crippen molar-refractivity contribution in [2.45, 2.75) is 32.2 Å². The van der Waals surface area contributed by atoms with E-state index in [1.807, 2.05) is 0 Å². The molecule has 0 aliphatic heterocycles. The molecule has 1 saturated carbocycles. The summed E-state index contributed by atoms with van der Waals surface area (Å²) in [5.41, 5.74) is 1.81. The summed E-state index contributed by atoms with van der Waals surface area (Å²) in [6, 6.07) is 9.23. The summed E-state index contributed by atoms with van der Waals surface area (Å²) in [5, 5.41) is 3.40. The summed E-state index contributed by atoms with van der Waals surface area (Å²) in [7, 11) is 2.06. The SMILES string of the molecule is CNC1CC(c2ccccc2Br)C1(C)C. The van der Waals surface area contributed by atoms with E-state index in [4.69, 9.17) is 0 Å². The summed E-state index contributed by atoms with van der Waals surface area (Å²) in [4.78, 5) is 0. The largest absolute Gasteiger partial charge is 0.316 e. The van der Waals surface area contributed by atoms with E-state index in [-0.39, 0.29) is 0 Å². The number of nitrogens with one attached hydrogen (secondary N) is 1. The first-order valence-electron chi connectivity index (χ1n) is 5.49. The molecule has 0 amide bonds. The Labute approximate surface area is 100 Å². The Morgan fingerprint density at radius 3 is 2.53 bits per heavy atom. The summed E-state index contributed by atoms with van der Waals surface area (Å²) < 4.78 is 1.25. The lowest BCUT2D eigenvalue weighted by atomic mass is 9.56. The van der Waals surface area contributed by atoms with Crippen LogP contribution in [0.5, 0.6) is 0 Å². The standard InChI is InChI=1S/C13H18BrN/c1-13(2)10(8-12(13)15-3)9-6-4-5-7-11(9)14/h4-7,10,12,15H,8H2,1-3H3. The van der Waals surface area contributed by atoms with Crippen LogP contribution in [0.2, 0.25) is 0 Å². The first-order valence-corrected chi connectivity index (χ1v) is 6.28. The highest BCUT2D eigenvalue weighted by atomic mass is 79.9. The lowest BCUT2D eigenvalue weighted by Crippen LogP contribution is -2.54. The van der Waals surface area contributed by atoms with Crippen molar-refractivity contribution in [2.75, 3.05) is 7.05 Å². The quantitative estimate of drug-likeness (QED) is 0.865. The molecule has 1 aliphatic rings. The maximum absolute atomic E-state index is 3.64. The molecule has 0 radical (unpaired) electrons. The zero-order chi connectivity index (χ0) is 11.1. The number of hydrogen-bond acceptors (Lipinski definition) is 1. The Kier molecular flexibility index (Phi) is 2.91. The van der Waals surface area contributed by atoms with E-state index in [9.17, 15) is 0 Å². The molecule has 2 rings (SSSR count). The smallest absolute Gasteiger partial charge is 0.0210 e. The van der Waals surface area contributed by atoms with Crippen LogP contribution in [0.15, 0.2) is 28.7 Å². The molecule has 82 valence electrons. The number of halogens is 1. The summed E-state index contributed by atoms with van der Waals surface area (Å²) in [5.74, 6) is 0.672. The molecular weight excluding hydrogens is 250 g/mol. The molecule has 1 fully saturated rings. The third kappa shape index (κ3) is 1.74. The van der Waals surface area contributed by atoms with Crippen LogP contribution in [0.25, 0.3) is 0 Å². The number of rotatable bonds is 2. The molecular formula is C13H18BrN. The highest BCUT2D eigenvalue weighted by molar-refractivity contribution is 9.10. The van der Waals surface area contributed by atoms with E-state index in [0.29, 0.717) is 17.4 Å².